The van der Waals surface area contributed by atoms with E-state index in [1.165, 1.54) is 0 Å². The fourth-order valence-corrected chi connectivity index (χ4v) is 3.62. The molecule has 2 saturated heterocycles. The second-order valence-corrected chi connectivity index (χ2v) is 7.38. The topological polar surface area (TPSA) is 93.8 Å². The van der Waals surface area contributed by atoms with Crippen LogP contribution in [0.5, 0.6) is 0 Å². The highest BCUT2D eigenvalue weighted by Gasteiger charge is 2.23. The van der Waals surface area contributed by atoms with Crippen LogP contribution in [0.3, 0.4) is 0 Å². The van der Waals surface area contributed by atoms with Crippen LogP contribution in [0.4, 0.5) is 10.5 Å². The van der Waals surface area contributed by atoms with Crippen molar-refractivity contribution in [2.75, 3.05) is 44.6 Å². The number of para-hydroxylation sites is 1. The van der Waals surface area contributed by atoms with Gasteiger partial charge in [-0.25, -0.2) is 4.79 Å². The lowest BCUT2D eigenvalue weighted by atomic mass is 10.1. The lowest BCUT2D eigenvalue weighted by molar-refractivity contribution is -0.132. The van der Waals surface area contributed by atoms with E-state index in [1.54, 1.807) is 4.90 Å². The molecule has 0 atom stereocenters. The predicted octanol–water partition coefficient (Wildman–Crippen LogP) is 1.01. The quantitative estimate of drug-likeness (QED) is 0.679. The fraction of sp³-hybridized carbons (Fsp3) is 0.550. The van der Waals surface area contributed by atoms with Crippen molar-refractivity contribution in [2.45, 2.75) is 31.7 Å². The van der Waals surface area contributed by atoms with Crippen molar-refractivity contribution in [2.24, 2.45) is 0 Å². The highest BCUT2D eigenvalue weighted by atomic mass is 16.2. The zero-order chi connectivity index (χ0) is 19.8. The third-order valence-corrected chi connectivity index (χ3v) is 5.22. The molecule has 0 spiro atoms. The number of rotatable bonds is 6. The summed E-state index contributed by atoms with van der Waals surface area (Å²) >= 11 is 0. The molecule has 0 aromatic heterocycles. The van der Waals surface area contributed by atoms with Crippen LogP contribution >= 0.6 is 0 Å². The summed E-state index contributed by atoms with van der Waals surface area (Å²) in [4.78, 5) is 40.0. The molecule has 1 aromatic carbocycles. The van der Waals surface area contributed by atoms with Crippen LogP contribution in [0.2, 0.25) is 0 Å². The highest BCUT2D eigenvalue weighted by Crippen LogP contribution is 2.11. The number of urea groups is 1. The summed E-state index contributed by atoms with van der Waals surface area (Å²) in [5.41, 5.74) is 0.762. The van der Waals surface area contributed by atoms with Gasteiger partial charge < -0.3 is 20.9 Å². The summed E-state index contributed by atoms with van der Waals surface area (Å²) in [6.45, 7) is 3.44. The van der Waals surface area contributed by atoms with Crippen molar-refractivity contribution in [3.8, 4) is 0 Å². The molecule has 152 valence electrons. The van der Waals surface area contributed by atoms with E-state index in [9.17, 15) is 14.4 Å². The van der Waals surface area contributed by atoms with Crippen LogP contribution in [0.15, 0.2) is 30.3 Å². The number of nitrogens with zero attached hydrogens (tertiary/aromatic N) is 2. The van der Waals surface area contributed by atoms with Crippen LogP contribution < -0.4 is 16.0 Å². The Morgan fingerprint density at radius 1 is 0.964 bits per heavy atom. The molecular formula is C20H29N5O3. The van der Waals surface area contributed by atoms with E-state index in [0.717, 1.165) is 57.5 Å². The first-order valence-corrected chi connectivity index (χ1v) is 9.99. The van der Waals surface area contributed by atoms with E-state index in [2.05, 4.69) is 20.9 Å². The van der Waals surface area contributed by atoms with Crippen LogP contribution in [0.25, 0.3) is 0 Å². The molecular weight excluding hydrogens is 358 g/mol. The summed E-state index contributed by atoms with van der Waals surface area (Å²) in [6.07, 6.45) is 3.68. The number of carbonyl (C=O) groups excluding carboxylic acids is 3. The highest BCUT2D eigenvalue weighted by molar-refractivity contribution is 5.89. The molecule has 0 aliphatic carbocycles. The van der Waals surface area contributed by atoms with Gasteiger partial charge in [0, 0.05) is 37.9 Å². The summed E-state index contributed by atoms with van der Waals surface area (Å²) < 4.78 is 0. The second kappa shape index (κ2) is 10.1. The standard InChI is InChI=1S/C20H29N5O3/c26-18(21-14-19(27)25-10-4-5-11-25)15-24-12-8-17(9-13-24)23-20(28)22-16-6-2-1-3-7-16/h1-3,6-7,17H,4-5,8-15H2,(H,21,26)(H2,22,23,28). The minimum Gasteiger partial charge on any atom is -0.346 e. The molecule has 4 amide bonds. The van der Waals surface area contributed by atoms with Gasteiger partial charge in [0.25, 0.3) is 0 Å². The number of hydrogen-bond acceptors (Lipinski definition) is 4. The van der Waals surface area contributed by atoms with Gasteiger partial charge in [-0.1, -0.05) is 18.2 Å². The van der Waals surface area contributed by atoms with Crippen molar-refractivity contribution >= 4 is 23.5 Å². The molecule has 0 radical (unpaired) electrons. The molecule has 8 nitrogen and oxygen atoms in total. The van der Waals surface area contributed by atoms with Gasteiger partial charge in [0.15, 0.2) is 0 Å². The first kappa shape index (κ1) is 20.1. The smallest absolute Gasteiger partial charge is 0.319 e. The number of likely N-dealkylation sites (tertiary alicyclic amines) is 2. The van der Waals surface area contributed by atoms with Crippen molar-refractivity contribution in [1.29, 1.82) is 0 Å². The third-order valence-electron chi connectivity index (χ3n) is 5.22. The molecule has 2 aliphatic heterocycles. The zero-order valence-corrected chi connectivity index (χ0v) is 16.2. The molecule has 2 fully saturated rings. The van der Waals surface area contributed by atoms with Gasteiger partial charge in [0.1, 0.15) is 0 Å². The summed E-state index contributed by atoms with van der Waals surface area (Å²) in [5, 5.41) is 8.53. The fourth-order valence-electron chi connectivity index (χ4n) is 3.62. The van der Waals surface area contributed by atoms with E-state index in [1.807, 2.05) is 30.3 Å². The number of nitrogens with one attached hydrogen (secondary N) is 3. The first-order valence-electron chi connectivity index (χ1n) is 9.99. The number of hydrogen-bond donors (Lipinski definition) is 3. The molecule has 0 bridgehead atoms. The molecule has 0 saturated carbocycles. The Kier molecular flexibility index (Phi) is 7.25. The second-order valence-electron chi connectivity index (χ2n) is 7.38. The largest absolute Gasteiger partial charge is 0.346 e. The maximum Gasteiger partial charge on any atom is 0.319 e. The summed E-state index contributed by atoms with van der Waals surface area (Å²) in [6, 6.07) is 9.22. The van der Waals surface area contributed by atoms with Gasteiger partial charge in [0.05, 0.1) is 13.1 Å². The van der Waals surface area contributed by atoms with Crippen molar-refractivity contribution in [1.82, 2.24) is 20.4 Å². The molecule has 3 N–H and O–H groups in total. The predicted molar refractivity (Wildman–Crippen MR) is 107 cm³/mol. The Balaban J connectivity index is 1.30. The summed E-state index contributed by atoms with van der Waals surface area (Å²) in [7, 11) is 0. The maximum absolute atomic E-state index is 12.1. The van der Waals surface area contributed by atoms with Gasteiger partial charge in [-0.3, -0.25) is 14.5 Å². The van der Waals surface area contributed by atoms with Crippen LogP contribution in [0, 0.1) is 0 Å². The van der Waals surface area contributed by atoms with Gasteiger partial charge in [-0.15, -0.1) is 0 Å². The summed E-state index contributed by atoms with van der Waals surface area (Å²) in [5.74, 6) is -0.126. The number of amides is 4. The van der Waals surface area contributed by atoms with Crippen LogP contribution in [-0.4, -0.2) is 73.0 Å². The SMILES string of the molecule is O=C(CN1CCC(NC(=O)Nc2ccccc2)CC1)NCC(=O)N1CCCC1. The Morgan fingerprint density at radius 2 is 1.64 bits per heavy atom. The van der Waals surface area contributed by atoms with Crippen molar-refractivity contribution in [3.63, 3.8) is 0 Å². The van der Waals surface area contributed by atoms with Gasteiger partial charge in [0.2, 0.25) is 11.8 Å². The molecule has 3 rings (SSSR count). The normalized spacial score (nSPS) is 17.9. The minimum atomic E-state index is -0.206. The Labute approximate surface area is 165 Å². The van der Waals surface area contributed by atoms with E-state index in [-0.39, 0.29) is 37.0 Å². The molecule has 28 heavy (non-hydrogen) atoms. The maximum atomic E-state index is 12.1. The third kappa shape index (κ3) is 6.23. The molecule has 0 unspecified atom stereocenters. The zero-order valence-electron chi connectivity index (χ0n) is 16.2. The van der Waals surface area contributed by atoms with Crippen LogP contribution in [0.1, 0.15) is 25.7 Å². The van der Waals surface area contributed by atoms with Crippen molar-refractivity contribution < 1.29 is 14.4 Å². The lowest BCUT2D eigenvalue weighted by Gasteiger charge is -2.31. The molecule has 1 aromatic rings. The van der Waals surface area contributed by atoms with Gasteiger partial charge in [-0.2, -0.15) is 0 Å². The number of anilines is 1. The van der Waals surface area contributed by atoms with Gasteiger partial charge in [-0.05, 0) is 37.8 Å². The van der Waals surface area contributed by atoms with Crippen LogP contribution in [-0.2, 0) is 9.59 Å². The van der Waals surface area contributed by atoms with Crippen molar-refractivity contribution in [3.05, 3.63) is 30.3 Å². The van der Waals surface area contributed by atoms with E-state index in [0.29, 0.717) is 0 Å². The number of carbonyl (C=O) groups is 3. The Hall–Kier alpha value is -2.61. The Bertz CT molecular complexity index is 668. The average molecular weight is 387 g/mol. The number of piperidine rings is 1. The average Bonchev–Trinajstić information content (AvgIpc) is 3.23. The molecule has 2 aliphatic rings. The monoisotopic (exact) mass is 387 g/mol. The molecule has 2 heterocycles. The first-order chi connectivity index (χ1) is 13.6. The van der Waals surface area contributed by atoms with E-state index < -0.39 is 0 Å². The Morgan fingerprint density at radius 3 is 2.32 bits per heavy atom. The number of benzene rings is 1. The van der Waals surface area contributed by atoms with E-state index in [4.69, 9.17) is 0 Å². The lowest BCUT2D eigenvalue weighted by Crippen LogP contribution is -2.49. The van der Waals surface area contributed by atoms with E-state index >= 15 is 0 Å². The minimum absolute atomic E-state index is 0.00168. The van der Waals surface area contributed by atoms with Gasteiger partial charge >= 0.3 is 6.03 Å². The molecule has 8 heteroatoms.